The van der Waals surface area contributed by atoms with Crippen molar-refractivity contribution in [1.82, 2.24) is 14.3 Å². The molecule has 0 saturated heterocycles. The minimum atomic E-state index is -5.46. The smallest absolute Gasteiger partial charge is 0.361 e. The fourth-order valence-electron chi connectivity index (χ4n) is 3.73. The molecule has 1 aromatic heterocycles. The van der Waals surface area contributed by atoms with Crippen molar-refractivity contribution in [2.24, 2.45) is 5.92 Å². The lowest BCUT2D eigenvalue weighted by atomic mass is 9.96. The third kappa shape index (κ3) is 4.13. The van der Waals surface area contributed by atoms with E-state index in [-0.39, 0.29) is 19.0 Å². The average molecular weight is 430 g/mol. The van der Waals surface area contributed by atoms with Crippen LogP contribution in [-0.2, 0) is 23.1 Å². The van der Waals surface area contributed by atoms with Crippen LogP contribution < -0.4 is 4.90 Å². The number of rotatable bonds is 5. The second-order valence-corrected chi connectivity index (χ2v) is 9.40. The van der Waals surface area contributed by atoms with E-state index in [1.54, 1.807) is 25.5 Å². The summed E-state index contributed by atoms with van der Waals surface area (Å²) in [4.78, 5) is 9.06. The molecule has 1 N–H and O–H groups in total. The number of alkyl halides is 3. The Labute approximate surface area is 168 Å². The first kappa shape index (κ1) is 21.6. The van der Waals surface area contributed by atoms with E-state index >= 15 is 0 Å². The summed E-state index contributed by atoms with van der Waals surface area (Å²) in [5, 5.41) is 0. The Morgan fingerprint density at radius 1 is 1.34 bits per heavy atom. The van der Waals surface area contributed by atoms with Gasteiger partial charge in [-0.25, -0.2) is 13.4 Å². The molecular weight excluding hydrogens is 405 g/mol. The third-order valence-corrected chi connectivity index (χ3v) is 7.19. The summed E-state index contributed by atoms with van der Waals surface area (Å²) < 4.78 is 65.4. The molecule has 1 aromatic carbocycles. The number of benzene rings is 1. The number of nitrogens with zero attached hydrogens (tertiary/aromatic N) is 3. The molecule has 6 nitrogen and oxygen atoms in total. The van der Waals surface area contributed by atoms with Crippen LogP contribution in [0.2, 0.25) is 0 Å². The number of fused-ring (bicyclic) bond motifs is 1. The van der Waals surface area contributed by atoms with Gasteiger partial charge in [0, 0.05) is 31.0 Å². The number of sulfonamides is 1. The zero-order chi connectivity index (χ0) is 21.4. The second kappa shape index (κ2) is 7.98. The molecule has 2 aromatic rings. The van der Waals surface area contributed by atoms with Crippen molar-refractivity contribution in [3.8, 4) is 0 Å². The molecule has 0 aliphatic carbocycles. The van der Waals surface area contributed by atoms with Gasteiger partial charge in [-0.1, -0.05) is 32.4 Å². The molecule has 0 amide bonds. The topological polar surface area (TPSA) is 69.3 Å². The summed E-state index contributed by atoms with van der Waals surface area (Å²) in [6.45, 7) is 5.52. The van der Waals surface area contributed by atoms with Crippen molar-refractivity contribution in [1.29, 1.82) is 0 Å². The highest BCUT2D eigenvalue weighted by Gasteiger charge is 2.51. The van der Waals surface area contributed by atoms with Crippen LogP contribution in [0.25, 0.3) is 0 Å². The number of aromatic nitrogens is 2. The van der Waals surface area contributed by atoms with Gasteiger partial charge >= 0.3 is 15.5 Å². The highest BCUT2D eigenvalue weighted by atomic mass is 32.2. The maximum Gasteiger partial charge on any atom is 0.511 e. The van der Waals surface area contributed by atoms with Crippen molar-refractivity contribution in [3.05, 3.63) is 47.5 Å². The summed E-state index contributed by atoms with van der Waals surface area (Å²) in [5.74, 6) is -0.0321. The van der Waals surface area contributed by atoms with E-state index in [0.29, 0.717) is 22.8 Å². The largest absolute Gasteiger partial charge is 0.511 e. The van der Waals surface area contributed by atoms with E-state index < -0.39 is 21.6 Å². The Bertz CT molecular complexity index is 945. The van der Waals surface area contributed by atoms with Crippen LogP contribution in [0, 0.1) is 12.8 Å². The van der Waals surface area contributed by atoms with Crippen molar-refractivity contribution in [3.63, 3.8) is 0 Å². The second-order valence-electron chi connectivity index (χ2n) is 7.47. The lowest BCUT2D eigenvalue weighted by Crippen LogP contribution is -2.49. The minimum Gasteiger partial charge on any atom is -0.361 e. The Morgan fingerprint density at radius 2 is 2.07 bits per heavy atom. The average Bonchev–Trinajstić information content (AvgIpc) is 3.10. The molecule has 2 heterocycles. The molecular formula is C19H25F3N4O2S. The number of hydrogen-bond donors (Lipinski definition) is 1. The predicted octanol–water partition coefficient (Wildman–Crippen LogP) is 3.80. The number of nitrogens with one attached hydrogen (secondary N) is 1. The van der Waals surface area contributed by atoms with Gasteiger partial charge in [-0.3, -0.25) is 0 Å². The maximum absolute atomic E-state index is 13.4. The molecule has 3 rings (SSSR count). The molecule has 2 unspecified atom stereocenters. The lowest BCUT2D eigenvalue weighted by Gasteiger charge is -2.37. The first-order chi connectivity index (χ1) is 13.6. The van der Waals surface area contributed by atoms with Gasteiger partial charge in [-0.15, -0.1) is 0 Å². The van der Waals surface area contributed by atoms with Crippen LogP contribution in [0.1, 0.15) is 37.1 Å². The fourth-order valence-corrected chi connectivity index (χ4v) is 4.67. The monoisotopic (exact) mass is 430 g/mol. The first-order valence-electron chi connectivity index (χ1n) is 9.45. The number of anilines is 1. The molecule has 160 valence electrons. The first-order valence-corrected chi connectivity index (χ1v) is 10.9. The van der Waals surface area contributed by atoms with Crippen LogP contribution in [-0.4, -0.2) is 40.8 Å². The Kier molecular flexibility index (Phi) is 5.96. The van der Waals surface area contributed by atoms with Crippen molar-refractivity contribution < 1.29 is 21.6 Å². The molecule has 10 heteroatoms. The summed E-state index contributed by atoms with van der Waals surface area (Å²) in [7, 11) is -5.46. The van der Waals surface area contributed by atoms with Gasteiger partial charge in [0.2, 0.25) is 0 Å². The molecule has 0 fully saturated rings. The summed E-state index contributed by atoms with van der Waals surface area (Å²) >= 11 is 0. The summed E-state index contributed by atoms with van der Waals surface area (Å²) in [6.07, 6.45) is 3.91. The van der Waals surface area contributed by atoms with E-state index in [1.165, 1.54) is 0 Å². The maximum atomic E-state index is 13.4. The number of hydrogen-bond acceptors (Lipinski definition) is 4. The molecule has 2 atom stereocenters. The van der Waals surface area contributed by atoms with Crippen LogP contribution in [0.15, 0.2) is 30.7 Å². The number of aromatic amines is 1. The van der Waals surface area contributed by atoms with Gasteiger partial charge < -0.3 is 9.88 Å². The minimum absolute atomic E-state index is 0.0321. The lowest BCUT2D eigenvalue weighted by molar-refractivity contribution is -0.0493. The van der Waals surface area contributed by atoms with Gasteiger partial charge in [0.05, 0.1) is 18.6 Å². The normalized spacial score (nSPS) is 19.7. The standard InChI is InChI=1S/C19H25F3N4O2S/c1-4-13(2)18-11-25(29(27,28)19(20,21)22)10-16-14(3)6-5-7-17(16)26(18)9-15-8-23-12-24-15/h5-8,12-13,18H,4,9-11H2,1-3H3,(H,23,24). The SMILES string of the molecule is CCC(C)C1CN(S(=O)(=O)C(F)(F)F)Cc2c(C)cccc2N1Cc1cnc[nH]1. The molecule has 0 bridgehead atoms. The number of aryl methyl sites for hydroxylation is 1. The van der Waals surface area contributed by atoms with E-state index in [2.05, 4.69) is 9.97 Å². The van der Waals surface area contributed by atoms with Gasteiger partial charge in [0.25, 0.3) is 0 Å². The molecule has 29 heavy (non-hydrogen) atoms. The summed E-state index contributed by atoms with van der Waals surface area (Å²) in [6, 6.07) is 5.05. The number of imidazole rings is 1. The van der Waals surface area contributed by atoms with Crippen LogP contribution in [0.3, 0.4) is 0 Å². The van der Waals surface area contributed by atoms with E-state index in [4.69, 9.17) is 0 Å². The molecule has 1 aliphatic heterocycles. The Morgan fingerprint density at radius 3 is 2.66 bits per heavy atom. The van der Waals surface area contributed by atoms with Crippen LogP contribution >= 0.6 is 0 Å². The van der Waals surface area contributed by atoms with Gasteiger partial charge in [-0.2, -0.15) is 17.5 Å². The van der Waals surface area contributed by atoms with Gasteiger partial charge in [-0.05, 0) is 30.0 Å². The predicted molar refractivity (Wildman–Crippen MR) is 105 cm³/mol. The van der Waals surface area contributed by atoms with Crippen LogP contribution in [0.5, 0.6) is 0 Å². The van der Waals surface area contributed by atoms with Crippen molar-refractivity contribution >= 4 is 15.7 Å². The zero-order valence-corrected chi connectivity index (χ0v) is 17.4. The van der Waals surface area contributed by atoms with E-state index in [1.807, 2.05) is 30.9 Å². The molecule has 0 spiro atoms. The van der Waals surface area contributed by atoms with E-state index in [9.17, 15) is 21.6 Å². The Balaban J connectivity index is 2.15. The quantitative estimate of drug-likeness (QED) is 0.783. The van der Waals surface area contributed by atoms with Crippen LogP contribution in [0.4, 0.5) is 18.9 Å². The highest BCUT2D eigenvalue weighted by Crippen LogP contribution is 2.37. The fraction of sp³-hybridized carbons (Fsp3) is 0.526. The van der Waals surface area contributed by atoms with Gasteiger partial charge in [0.15, 0.2) is 0 Å². The number of H-pyrrole nitrogens is 1. The van der Waals surface area contributed by atoms with E-state index in [0.717, 1.165) is 16.9 Å². The molecule has 1 aliphatic rings. The van der Waals surface area contributed by atoms with Crippen molar-refractivity contribution in [2.45, 2.75) is 51.8 Å². The molecule has 0 radical (unpaired) electrons. The third-order valence-electron chi connectivity index (χ3n) is 5.65. The molecule has 0 saturated carbocycles. The zero-order valence-electron chi connectivity index (χ0n) is 16.6. The summed E-state index contributed by atoms with van der Waals surface area (Å²) in [5.41, 5.74) is -2.44. The van der Waals surface area contributed by atoms with Gasteiger partial charge in [0.1, 0.15) is 0 Å². The van der Waals surface area contributed by atoms with Crippen molar-refractivity contribution in [2.75, 3.05) is 11.4 Å². The highest BCUT2D eigenvalue weighted by molar-refractivity contribution is 7.89. The number of halogens is 3. The Hall–Kier alpha value is -2.07.